The van der Waals surface area contributed by atoms with Gasteiger partial charge in [0.25, 0.3) is 0 Å². The fraction of sp³-hybridized carbons (Fsp3) is 0.304. The van der Waals surface area contributed by atoms with Gasteiger partial charge in [-0.3, -0.25) is 4.79 Å². The minimum atomic E-state index is -0.00497. The third kappa shape index (κ3) is 4.14. The number of pyridine rings is 1. The SMILES string of the molecule is Cc1cc(N2CCCC2)ccc1NC(=O)CSc1cc(C)c2ccccc2n1. The second-order valence-electron chi connectivity index (χ2n) is 7.32. The summed E-state index contributed by atoms with van der Waals surface area (Å²) in [5.41, 5.74) is 5.39. The lowest BCUT2D eigenvalue weighted by Gasteiger charge is -2.19. The molecule has 3 aromatic rings. The van der Waals surface area contributed by atoms with Gasteiger partial charge < -0.3 is 10.2 Å². The summed E-state index contributed by atoms with van der Waals surface area (Å²) in [7, 11) is 0. The summed E-state index contributed by atoms with van der Waals surface area (Å²) < 4.78 is 0. The third-order valence-electron chi connectivity index (χ3n) is 5.21. The summed E-state index contributed by atoms with van der Waals surface area (Å²) in [4.78, 5) is 19.5. The molecule has 28 heavy (non-hydrogen) atoms. The lowest BCUT2D eigenvalue weighted by Crippen LogP contribution is -2.18. The van der Waals surface area contributed by atoms with Crippen LogP contribution >= 0.6 is 11.8 Å². The molecule has 0 atom stereocenters. The van der Waals surface area contributed by atoms with E-state index in [9.17, 15) is 4.79 Å². The number of nitrogens with zero attached hydrogens (tertiary/aromatic N) is 2. The molecule has 0 saturated carbocycles. The molecule has 2 heterocycles. The van der Waals surface area contributed by atoms with Crippen LogP contribution in [-0.2, 0) is 4.79 Å². The van der Waals surface area contributed by atoms with Crippen LogP contribution in [0.1, 0.15) is 24.0 Å². The Morgan fingerprint density at radius 2 is 1.86 bits per heavy atom. The number of amides is 1. The van der Waals surface area contributed by atoms with E-state index in [0.717, 1.165) is 40.3 Å². The summed E-state index contributed by atoms with van der Waals surface area (Å²) in [6.45, 7) is 6.38. The zero-order chi connectivity index (χ0) is 19.5. The number of carbonyl (C=O) groups is 1. The van der Waals surface area contributed by atoms with E-state index < -0.39 is 0 Å². The predicted molar refractivity (Wildman–Crippen MR) is 118 cm³/mol. The number of anilines is 2. The molecular formula is C23H25N3OS. The quantitative estimate of drug-likeness (QED) is 0.609. The maximum Gasteiger partial charge on any atom is 0.234 e. The number of para-hydroxylation sites is 1. The number of hydrogen-bond acceptors (Lipinski definition) is 4. The Morgan fingerprint density at radius 1 is 1.07 bits per heavy atom. The molecule has 2 aromatic carbocycles. The maximum absolute atomic E-state index is 12.5. The first-order valence-corrected chi connectivity index (χ1v) is 10.7. The zero-order valence-corrected chi connectivity index (χ0v) is 17.2. The van der Waals surface area contributed by atoms with Crippen LogP contribution in [0.3, 0.4) is 0 Å². The van der Waals surface area contributed by atoms with E-state index >= 15 is 0 Å². The van der Waals surface area contributed by atoms with Crippen molar-refractivity contribution in [3.05, 3.63) is 59.7 Å². The Morgan fingerprint density at radius 3 is 2.64 bits per heavy atom. The Kier molecular flexibility index (Phi) is 5.53. The van der Waals surface area contributed by atoms with Crippen molar-refractivity contribution in [2.24, 2.45) is 0 Å². The van der Waals surface area contributed by atoms with E-state index in [-0.39, 0.29) is 5.91 Å². The van der Waals surface area contributed by atoms with E-state index in [1.807, 2.05) is 24.3 Å². The number of rotatable bonds is 5. The average Bonchev–Trinajstić information content (AvgIpc) is 3.23. The van der Waals surface area contributed by atoms with Crippen molar-refractivity contribution in [1.29, 1.82) is 0 Å². The highest BCUT2D eigenvalue weighted by Crippen LogP contribution is 2.27. The van der Waals surface area contributed by atoms with Crippen LogP contribution in [0.25, 0.3) is 10.9 Å². The van der Waals surface area contributed by atoms with Crippen molar-refractivity contribution in [1.82, 2.24) is 4.98 Å². The van der Waals surface area contributed by atoms with Gasteiger partial charge in [0, 0.05) is 29.9 Å². The van der Waals surface area contributed by atoms with Gasteiger partial charge in [0.05, 0.1) is 16.3 Å². The second-order valence-corrected chi connectivity index (χ2v) is 8.32. The van der Waals surface area contributed by atoms with E-state index in [1.54, 1.807) is 0 Å². The number of hydrogen-bond donors (Lipinski definition) is 1. The van der Waals surface area contributed by atoms with Crippen molar-refractivity contribution >= 4 is 39.9 Å². The molecule has 4 nitrogen and oxygen atoms in total. The van der Waals surface area contributed by atoms with E-state index in [4.69, 9.17) is 0 Å². The van der Waals surface area contributed by atoms with Crippen LogP contribution in [-0.4, -0.2) is 29.7 Å². The molecule has 4 rings (SSSR count). The van der Waals surface area contributed by atoms with Gasteiger partial charge in [-0.05, 0) is 68.1 Å². The van der Waals surface area contributed by atoms with Gasteiger partial charge in [-0.15, -0.1) is 0 Å². The van der Waals surface area contributed by atoms with Crippen LogP contribution in [0.15, 0.2) is 53.6 Å². The summed E-state index contributed by atoms with van der Waals surface area (Å²) in [5.74, 6) is 0.340. The van der Waals surface area contributed by atoms with Crippen LogP contribution in [0, 0.1) is 13.8 Å². The van der Waals surface area contributed by atoms with E-state index in [0.29, 0.717) is 5.75 Å². The predicted octanol–water partition coefficient (Wildman–Crippen LogP) is 5.18. The fourth-order valence-corrected chi connectivity index (χ4v) is 4.45. The normalized spacial score (nSPS) is 13.9. The number of thioether (sulfide) groups is 1. The molecule has 0 unspecified atom stereocenters. The number of aryl methyl sites for hydroxylation is 2. The maximum atomic E-state index is 12.5. The molecule has 0 spiro atoms. The number of aromatic nitrogens is 1. The fourth-order valence-electron chi connectivity index (χ4n) is 3.68. The lowest BCUT2D eigenvalue weighted by molar-refractivity contribution is -0.113. The average molecular weight is 392 g/mol. The van der Waals surface area contributed by atoms with Gasteiger partial charge in [0.15, 0.2) is 0 Å². The number of fused-ring (bicyclic) bond motifs is 1. The molecule has 144 valence electrons. The molecule has 0 radical (unpaired) electrons. The van der Waals surface area contributed by atoms with Crippen molar-refractivity contribution in [3.63, 3.8) is 0 Å². The molecule has 1 amide bonds. The van der Waals surface area contributed by atoms with Crippen molar-refractivity contribution in [2.75, 3.05) is 29.1 Å². The van der Waals surface area contributed by atoms with Crippen LogP contribution in [0.4, 0.5) is 11.4 Å². The van der Waals surface area contributed by atoms with Crippen molar-refractivity contribution in [3.8, 4) is 0 Å². The summed E-state index contributed by atoms with van der Waals surface area (Å²) >= 11 is 1.47. The lowest BCUT2D eigenvalue weighted by atomic mass is 10.1. The second kappa shape index (κ2) is 8.23. The number of nitrogens with one attached hydrogen (secondary N) is 1. The Labute approximate surface area is 170 Å². The standard InChI is InChI=1S/C23H25N3OS/c1-16-14-23(25-21-8-4-3-7-19(16)21)28-15-22(27)24-20-10-9-18(13-17(20)2)26-11-5-6-12-26/h3-4,7-10,13-14H,5-6,11-12,15H2,1-2H3,(H,24,27). The summed E-state index contributed by atoms with van der Waals surface area (Å²) in [6, 6.07) is 16.4. The number of carbonyl (C=O) groups excluding carboxylic acids is 1. The molecule has 1 aromatic heterocycles. The highest BCUT2D eigenvalue weighted by atomic mass is 32.2. The molecule has 5 heteroatoms. The third-order valence-corrected chi connectivity index (χ3v) is 6.12. The Balaban J connectivity index is 1.39. The van der Waals surface area contributed by atoms with E-state index in [2.05, 4.69) is 53.3 Å². The molecule has 0 aliphatic carbocycles. The topological polar surface area (TPSA) is 45.2 Å². The minimum Gasteiger partial charge on any atom is -0.372 e. The smallest absolute Gasteiger partial charge is 0.234 e. The monoisotopic (exact) mass is 391 g/mol. The van der Waals surface area contributed by atoms with Crippen molar-refractivity contribution in [2.45, 2.75) is 31.7 Å². The van der Waals surface area contributed by atoms with Gasteiger partial charge >= 0.3 is 0 Å². The largest absolute Gasteiger partial charge is 0.372 e. The Hall–Kier alpha value is -2.53. The van der Waals surface area contributed by atoms with Crippen LogP contribution in [0.5, 0.6) is 0 Å². The molecule has 1 aliphatic heterocycles. The van der Waals surface area contributed by atoms with Gasteiger partial charge in [0.1, 0.15) is 0 Å². The summed E-state index contributed by atoms with van der Waals surface area (Å²) in [5, 5.41) is 5.08. The molecule has 0 bridgehead atoms. The van der Waals surface area contributed by atoms with E-state index in [1.165, 1.54) is 35.9 Å². The van der Waals surface area contributed by atoms with Gasteiger partial charge in [0.2, 0.25) is 5.91 Å². The molecule has 1 fully saturated rings. The first-order valence-electron chi connectivity index (χ1n) is 9.75. The first kappa shape index (κ1) is 18.8. The molecule has 1 N–H and O–H groups in total. The summed E-state index contributed by atoms with van der Waals surface area (Å²) in [6.07, 6.45) is 2.52. The first-order chi connectivity index (χ1) is 13.6. The van der Waals surface area contributed by atoms with Gasteiger partial charge in [-0.1, -0.05) is 30.0 Å². The molecule has 1 saturated heterocycles. The Bertz CT molecular complexity index is 1010. The zero-order valence-electron chi connectivity index (χ0n) is 16.4. The molecular weight excluding hydrogens is 366 g/mol. The van der Waals surface area contributed by atoms with Crippen LogP contribution < -0.4 is 10.2 Å². The molecule has 1 aliphatic rings. The van der Waals surface area contributed by atoms with Gasteiger partial charge in [-0.25, -0.2) is 4.98 Å². The van der Waals surface area contributed by atoms with Gasteiger partial charge in [-0.2, -0.15) is 0 Å². The van der Waals surface area contributed by atoms with Crippen LogP contribution in [0.2, 0.25) is 0 Å². The number of benzene rings is 2. The minimum absolute atomic E-state index is 0.00497. The highest BCUT2D eigenvalue weighted by molar-refractivity contribution is 7.99. The highest BCUT2D eigenvalue weighted by Gasteiger charge is 2.14. The van der Waals surface area contributed by atoms with Crippen molar-refractivity contribution < 1.29 is 4.79 Å².